The number of aryl methyl sites for hydroxylation is 1. The van der Waals surface area contributed by atoms with Gasteiger partial charge in [0.1, 0.15) is 5.75 Å². The molecule has 2 aromatic rings. The highest BCUT2D eigenvalue weighted by molar-refractivity contribution is 6.00. The second-order valence-electron chi connectivity index (χ2n) is 8.25. The fourth-order valence-corrected chi connectivity index (χ4v) is 4.33. The Morgan fingerprint density at radius 2 is 1.57 bits per heavy atom. The number of piperidine rings is 1. The third-order valence-corrected chi connectivity index (χ3v) is 6.15. The number of hydrogen-bond acceptors (Lipinski definition) is 4. The van der Waals surface area contributed by atoms with E-state index in [0.29, 0.717) is 38.0 Å². The minimum absolute atomic E-state index is 0.00786. The maximum absolute atomic E-state index is 13.0. The SMILES string of the molecule is Cc1ccc(N2C[C@H](C(=O)N3CCC(C(=O)c4ccc(O)cc4)CC3)CC2=O)cc1. The molecular formula is C24H26N2O4. The zero-order valence-corrected chi connectivity index (χ0v) is 17.1. The minimum atomic E-state index is -0.330. The number of phenolic OH excluding ortho intramolecular Hbond substituents is 1. The van der Waals surface area contributed by atoms with E-state index in [4.69, 9.17) is 0 Å². The van der Waals surface area contributed by atoms with Crippen LogP contribution in [0.25, 0.3) is 0 Å². The molecule has 0 aromatic heterocycles. The van der Waals surface area contributed by atoms with E-state index in [1.165, 1.54) is 12.1 Å². The lowest BCUT2D eigenvalue weighted by molar-refractivity contribution is -0.137. The third kappa shape index (κ3) is 4.08. The predicted molar refractivity (Wildman–Crippen MR) is 113 cm³/mol. The van der Waals surface area contributed by atoms with E-state index in [0.717, 1.165) is 11.3 Å². The van der Waals surface area contributed by atoms with Gasteiger partial charge in [0.25, 0.3) is 0 Å². The van der Waals surface area contributed by atoms with Gasteiger partial charge in [0.2, 0.25) is 11.8 Å². The second-order valence-corrected chi connectivity index (χ2v) is 8.25. The van der Waals surface area contributed by atoms with Gasteiger partial charge in [0.05, 0.1) is 5.92 Å². The molecule has 2 aliphatic heterocycles. The van der Waals surface area contributed by atoms with Crippen molar-refractivity contribution in [3.8, 4) is 5.75 Å². The van der Waals surface area contributed by atoms with Gasteiger partial charge in [-0.15, -0.1) is 0 Å². The quantitative estimate of drug-likeness (QED) is 0.791. The Bertz CT molecular complexity index is 944. The number of nitrogens with zero attached hydrogens (tertiary/aromatic N) is 2. The van der Waals surface area contributed by atoms with Crippen LogP contribution in [-0.2, 0) is 9.59 Å². The van der Waals surface area contributed by atoms with Crippen LogP contribution in [0.1, 0.15) is 35.2 Å². The van der Waals surface area contributed by atoms with Crippen LogP contribution in [0.4, 0.5) is 5.69 Å². The van der Waals surface area contributed by atoms with Gasteiger partial charge in [-0.25, -0.2) is 0 Å². The first-order valence-electron chi connectivity index (χ1n) is 10.4. The van der Waals surface area contributed by atoms with Crippen molar-refractivity contribution < 1.29 is 19.5 Å². The van der Waals surface area contributed by atoms with Gasteiger partial charge in [-0.2, -0.15) is 0 Å². The molecule has 2 aromatic carbocycles. The zero-order valence-electron chi connectivity index (χ0n) is 17.1. The summed E-state index contributed by atoms with van der Waals surface area (Å²) in [5, 5.41) is 9.39. The van der Waals surface area contributed by atoms with E-state index in [1.807, 2.05) is 31.2 Å². The summed E-state index contributed by atoms with van der Waals surface area (Å²) in [5.74, 6) is -0.263. The molecule has 2 saturated heterocycles. The number of carbonyl (C=O) groups excluding carboxylic acids is 3. The van der Waals surface area contributed by atoms with Crippen molar-refractivity contribution in [3.05, 3.63) is 59.7 Å². The molecule has 2 fully saturated rings. The molecule has 1 atom stereocenters. The first-order valence-corrected chi connectivity index (χ1v) is 10.4. The van der Waals surface area contributed by atoms with Crippen molar-refractivity contribution >= 4 is 23.3 Å². The normalized spacial score (nSPS) is 19.9. The van der Waals surface area contributed by atoms with E-state index < -0.39 is 0 Å². The Hall–Kier alpha value is -3.15. The van der Waals surface area contributed by atoms with E-state index in [-0.39, 0.29) is 41.6 Å². The summed E-state index contributed by atoms with van der Waals surface area (Å²) in [4.78, 5) is 41.6. The number of hydrogen-bond donors (Lipinski definition) is 1. The molecule has 0 radical (unpaired) electrons. The van der Waals surface area contributed by atoms with Crippen LogP contribution in [0.15, 0.2) is 48.5 Å². The Labute approximate surface area is 176 Å². The molecule has 2 aliphatic rings. The molecule has 4 rings (SSSR count). The molecular weight excluding hydrogens is 380 g/mol. The molecule has 6 nitrogen and oxygen atoms in total. The first-order chi connectivity index (χ1) is 14.4. The topological polar surface area (TPSA) is 77.9 Å². The molecule has 6 heteroatoms. The molecule has 156 valence electrons. The van der Waals surface area contributed by atoms with Crippen molar-refractivity contribution in [3.63, 3.8) is 0 Å². The number of ketones is 1. The molecule has 1 N–H and O–H groups in total. The number of Topliss-reactive ketones (excluding diaryl/α,β-unsaturated/α-hetero) is 1. The largest absolute Gasteiger partial charge is 0.508 e. The molecule has 0 saturated carbocycles. The van der Waals surface area contributed by atoms with Gasteiger partial charge in [-0.05, 0) is 56.2 Å². The second kappa shape index (κ2) is 8.30. The van der Waals surface area contributed by atoms with Crippen LogP contribution >= 0.6 is 0 Å². The van der Waals surface area contributed by atoms with Crippen LogP contribution in [-0.4, -0.2) is 47.2 Å². The molecule has 0 unspecified atom stereocenters. The van der Waals surface area contributed by atoms with Crippen molar-refractivity contribution in [1.82, 2.24) is 4.90 Å². The number of carbonyl (C=O) groups is 3. The first kappa shape index (κ1) is 20.1. The summed E-state index contributed by atoms with van der Waals surface area (Å²) >= 11 is 0. The maximum atomic E-state index is 13.0. The number of rotatable bonds is 4. The Morgan fingerprint density at radius 1 is 0.933 bits per heavy atom. The van der Waals surface area contributed by atoms with Gasteiger partial charge < -0.3 is 14.9 Å². The molecule has 0 bridgehead atoms. The number of anilines is 1. The number of benzene rings is 2. The molecule has 30 heavy (non-hydrogen) atoms. The highest BCUT2D eigenvalue weighted by Gasteiger charge is 2.38. The summed E-state index contributed by atoms with van der Waals surface area (Å²) < 4.78 is 0. The average molecular weight is 406 g/mol. The lowest BCUT2D eigenvalue weighted by Gasteiger charge is -2.33. The van der Waals surface area contributed by atoms with Crippen LogP contribution in [0.5, 0.6) is 5.75 Å². The fourth-order valence-electron chi connectivity index (χ4n) is 4.33. The van der Waals surface area contributed by atoms with Gasteiger partial charge in [0.15, 0.2) is 5.78 Å². The summed E-state index contributed by atoms with van der Waals surface area (Å²) in [6.45, 7) is 3.47. The van der Waals surface area contributed by atoms with E-state index >= 15 is 0 Å². The number of phenols is 1. The molecule has 0 aliphatic carbocycles. The van der Waals surface area contributed by atoms with Crippen LogP contribution in [0.2, 0.25) is 0 Å². The highest BCUT2D eigenvalue weighted by atomic mass is 16.3. The highest BCUT2D eigenvalue weighted by Crippen LogP contribution is 2.29. The molecule has 2 heterocycles. The number of likely N-dealkylation sites (tertiary alicyclic amines) is 1. The summed E-state index contributed by atoms with van der Waals surface area (Å²) in [7, 11) is 0. The Morgan fingerprint density at radius 3 is 2.20 bits per heavy atom. The van der Waals surface area contributed by atoms with Crippen molar-refractivity contribution in [2.45, 2.75) is 26.2 Å². The summed E-state index contributed by atoms with van der Waals surface area (Å²) in [5.41, 5.74) is 2.55. The van der Waals surface area contributed by atoms with Crippen LogP contribution in [0, 0.1) is 18.8 Å². The maximum Gasteiger partial charge on any atom is 0.228 e. The summed E-state index contributed by atoms with van der Waals surface area (Å²) in [6, 6.07) is 14.1. The fraction of sp³-hybridized carbons (Fsp3) is 0.375. The van der Waals surface area contributed by atoms with Crippen LogP contribution < -0.4 is 4.90 Å². The van der Waals surface area contributed by atoms with Crippen molar-refractivity contribution in [2.24, 2.45) is 11.8 Å². The summed E-state index contributed by atoms with van der Waals surface area (Å²) in [6.07, 6.45) is 1.47. The van der Waals surface area contributed by atoms with E-state index in [9.17, 15) is 19.5 Å². The van der Waals surface area contributed by atoms with E-state index in [2.05, 4.69) is 0 Å². The average Bonchev–Trinajstić information content (AvgIpc) is 3.15. The number of amides is 2. The molecule has 2 amide bonds. The van der Waals surface area contributed by atoms with E-state index in [1.54, 1.807) is 21.9 Å². The Balaban J connectivity index is 1.34. The Kier molecular flexibility index (Phi) is 5.57. The van der Waals surface area contributed by atoms with Gasteiger partial charge in [-0.1, -0.05) is 17.7 Å². The smallest absolute Gasteiger partial charge is 0.228 e. The van der Waals surface area contributed by atoms with Gasteiger partial charge in [0, 0.05) is 43.2 Å². The lowest BCUT2D eigenvalue weighted by Crippen LogP contribution is -2.43. The van der Waals surface area contributed by atoms with Crippen molar-refractivity contribution in [1.29, 1.82) is 0 Å². The van der Waals surface area contributed by atoms with Crippen LogP contribution in [0.3, 0.4) is 0 Å². The lowest BCUT2D eigenvalue weighted by atomic mass is 9.88. The number of aromatic hydroxyl groups is 1. The minimum Gasteiger partial charge on any atom is -0.508 e. The third-order valence-electron chi connectivity index (χ3n) is 6.15. The molecule has 0 spiro atoms. The standard InChI is InChI=1S/C24H26N2O4/c1-16-2-6-20(7-3-16)26-15-19(14-22(26)28)24(30)25-12-10-18(11-13-25)23(29)17-4-8-21(27)9-5-17/h2-9,18-19,27H,10-15H2,1H3/t19-/m1/s1. The zero-order chi connectivity index (χ0) is 21.3. The van der Waals surface area contributed by atoms with Gasteiger partial charge in [-0.3, -0.25) is 14.4 Å². The van der Waals surface area contributed by atoms with Gasteiger partial charge >= 0.3 is 0 Å². The predicted octanol–water partition coefficient (Wildman–Crippen LogP) is 3.18. The van der Waals surface area contributed by atoms with Crippen molar-refractivity contribution in [2.75, 3.05) is 24.5 Å². The monoisotopic (exact) mass is 406 g/mol.